The molecule has 2 amide bonds. The van der Waals surface area contributed by atoms with Crippen LogP contribution in [0.5, 0.6) is 0 Å². The normalized spacial score (nSPS) is 22.7. The molecule has 8 nitrogen and oxygen atoms in total. The van der Waals surface area contributed by atoms with Crippen LogP contribution in [0, 0.1) is 11.8 Å². The number of primary sulfonamides is 1. The number of hydrogen-bond donors (Lipinski definition) is 1. The minimum absolute atomic E-state index is 0.0213. The smallest absolute Gasteiger partial charge is 0.410 e. The van der Waals surface area contributed by atoms with E-state index in [1.165, 1.54) is 0 Å². The minimum Gasteiger partial charge on any atom is -0.444 e. The van der Waals surface area contributed by atoms with Gasteiger partial charge in [0.1, 0.15) is 5.60 Å². The fourth-order valence-electron chi connectivity index (χ4n) is 3.08. The van der Waals surface area contributed by atoms with Gasteiger partial charge in [0.25, 0.3) is 0 Å². The molecule has 1 atom stereocenters. The van der Waals surface area contributed by atoms with Gasteiger partial charge in [-0.1, -0.05) is 0 Å². The number of nitrogens with two attached hydrogens (primary N) is 1. The molecule has 0 aromatic heterocycles. The molecule has 0 spiro atoms. The highest BCUT2D eigenvalue weighted by Crippen LogP contribution is 2.24. The van der Waals surface area contributed by atoms with E-state index in [2.05, 4.69) is 0 Å². The molecule has 0 bridgehead atoms. The van der Waals surface area contributed by atoms with Crippen molar-refractivity contribution >= 4 is 22.0 Å². The maximum atomic E-state index is 11.9. The van der Waals surface area contributed by atoms with Gasteiger partial charge >= 0.3 is 6.09 Å². The van der Waals surface area contributed by atoms with Crippen molar-refractivity contribution in [3.63, 3.8) is 0 Å². The zero-order chi connectivity index (χ0) is 18.1. The summed E-state index contributed by atoms with van der Waals surface area (Å²) in [6.07, 6.45) is 0.738. The van der Waals surface area contributed by atoms with Gasteiger partial charge in [-0.2, -0.15) is 0 Å². The van der Waals surface area contributed by atoms with Gasteiger partial charge < -0.3 is 14.5 Å². The molecule has 0 aromatic carbocycles. The number of nitrogens with zero attached hydrogens (tertiary/aromatic N) is 2. The van der Waals surface area contributed by atoms with Crippen molar-refractivity contribution in [2.45, 2.75) is 39.2 Å². The van der Waals surface area contributed by atoms with Gasteiger partial charge in [-0.15, -0.1) is 0 Å². The van der Waals surface area contributed by atoms with E-state index in [9.17, 15) is 18.0 Å². The van der Waals surface area contributed by atoms with Crippen LogP contribution in [0.4, 0.5) is 4.79 Å². The lowest BCUT2D eigenvalue weighted by molar-refractivity contribution is -0.128. The molecule has 0 aliphatic carbocycles. The summed E-state index contributed by atoms with van der Waals surface area (Å²) in [4.78, 5) is 27.1. The molecule has 0 saturated carbocycles. The molecule has 9 heteroatoms. The molecular formula is C15H27N3O5S. The van der Waals surface area contributed by atoms with Crippen molar-refractivity contribution in [2.24, 2.45) is 17.0 Å². The third-order valence-corrected chi connectivity index (χ3v) is 5.11. The Kier molecular flexibility index (Phi) is 5.44. The van der Waals surface area contributed by atoms with Crippen molar-refractivity contribution < 1.29 is 22.7 Å². The molecule has 2 heterocycles. The number of hydrogen-bond acceptors (Lipinski definition) is 5. The average molecular weight is 361 g/mol. The van der Waals surface area contributed by atoms with E-state index in [0.717, 1.165) is 6.42 Å². The average Bonchev–Trinajstić information content (AvgIpc) is 2.62. The quantitative estimate of drug-likeness (QED) is 0.761. The molecule has 2 aliphatic rings. The Morgan fingerprint density at radius 1 is 1.25 bits per heavy atom. The Morgan fingerprint density at radius 2 is 1.88 bits per heavy atom. The Bertz CT molecular complexity index is 593. The Morgan fingerprint density at radius 3 is 2.42 bits per heavy atom. The summed E-state index contributed by atoms with van der Waals surface area (Å²) in [5.41, 5.74) is -0.498. The summed E-state index contributed by atoms with van der Waals surface area (Å²) < 4.78 is 27.5. The third-order valence-electron chi connectivity index (χ3n) is 4.18. The highest BCUT2D eigenvalue weighted by atomic mass is 32.2. The van der Waals surface area contributed by atoms with Gasteiger partial charge in [0.15, 0.2) is 0 Å². The number of amides is 2. The predicted molar refractivity (Wildman–Crippen MR) is 88.6 cm³/mol. The maximum Gasteiger partial charge on any atom is 0.410 e. The lowest BCUT2D eigenvalue weighted by Crippen LogP contribution is -2.52. The second-order valence-electron chi connectivity index (χ2n) is 7.78. The number of carbonyl (C=O) groups excluding carboxylic acids is 2. The monoisotopic (exact) mass is 361 g/mol. The molecule has 2 N–H and O–H groups in total. The van der Waals surface area contributed by atoms with E-state index in [1.54, 1.807) is 9.80 Å². The summed E-state index contributed by atoms with van der Waals surface area (Å²) in [5, 5.41) is 5.04. The fourth-order valence-corrected chi connectivity index (χ4v) is 3.96. The molecule has 2 rings (SSSR count). The third kappa shape index (κ3) is 5.62. The Balaban J connectivity index is 1.69. The number of likely N-dealkylation sites (tertiary alicyclic amines) is 2. The highest BCUT2D eigenvalue weighted by Gasteiger charge is 2.36. The summed E-state index contributed by atoms with van der Waals surface area (Å²) >= 11 is 0. The van der Waals surface area contributed by atoms with Crippen LogP contribution in [0.3, 0.4) is 0 Å². The van der Waals surface area contributed by atoms with Crippen LogP contribution in [-0.4, -0.2) is 67.8 Å². The van der Waals surface area contributed by atoms with Crippen LogP contribution >= 0.6 is 0 Å². The molecule has 24 heavy (non-hydrogen) atoms. The van der Waals surface area contributed by atoms with Crippen LogP contribution in [0.2, 0.25) is 0 Å². The molecule has 0 radical (unpaired) electrons. The van der Waals surface area contributed by atoms with Crippen molar-refractivity contribution in [1.82, 2.24) is 9.80 Å². The molecule has 0 aromatic rings. The van der Waals surface area contributed by atoms with Gasteiger partial charge in [-0.3, -0.25) is 4.79 Å². The van der Waals surface area contributed by atoms with E-state index in [0.29, 0.717) is 32.1 Å². The van der Waals surface area contributed by atoms with Gasteiger partial charge in [-0.05, 0) is 33.1 Å². The topological polar surface area (TPSA) is 110 Å². The lowest BCUT2D eigenvalue weighted by Gasteiger charge is -2.40. The molecule has 2 aliphatic heterocycles. The van der Waals surface area contributed by atoms with Crippen LogP contribution in [0.1, 0.15) is 33.6 Å². The van der Waals surface area contributed by atoms with Crippen molar-refractivity contribution in [2.75, 3.05) is 31.9 Å². The predicted octanol–water partition coefficient (Wildman–Crippen LogP) is 0.380. The number of carbonyl (C=O) groups is 2. The molecule has 138 valence electrons. The standard InChI is InChI=1S/C15H27N3O5S/c1-15(2,3)23-14(20)18-7-11(8-18)4-5-17-9-12(6-13(17)19)10-24(16,21)22/h11-12H,4-10H2,1-3H3,(H2,16,21,22). The van der Waals surface area contributed by atoms with Gasteiger partial charge in [0, 0.05) is 38.5 Å². The molecule has 2 saturated heterocycles. The van der Waals surface area contributed by atoms with Gasteiger partial charge in [0.2, 0.25) is 15.9 Å². The summed E-state index contributed by atoms with van der Waals surface area (Å²) in [6.45, 7) is 7.80. The zero-order valence-electron chi connectivity index (χ0n) is 14.5. The second-order valence-corrected chi connectivity index (χ2v) is 9.44. The largest absolute Gasteiger partial charge is 0.444 e. The maximum absolute atomic E-state index is 11.9. The first-order valence-electron chi connectivity index (χ1n) is 8.19. The van der Waals surface area contributed by atoms with Crippen LogP contribution in [0.25, 0.3) is 0 Å². The Labute approximate surface area is 143 Å². The number of rotatable bonds is 5. The van der Waals surface area contributed by atoms with Crippen LogP contribution in [0.15, 0.2) is 0 Å². The van der Waals surface area contributed by atoms with Crippen molar-refractivity contribution in [1.29, 1.82) is 0 Å². The highest BCUT2D eigenvalue weighted by molar-refractivity contribution is 7.89. The van der Waals surface area contributed by atoms with Gasteiger partial charge in [-0.25, -0.2) is 18.4 Å². The number of ether oxygens (including phenoxy) is 1. The van der Waals surface area contributed by atoms with E-state index in [-0.39, 0.29) is 30.1 Å². The molecular weight excluding hydrogens is 334 g/mol. The van der Waals surface area contributed by atoms with Crippen molar-refractivity contribution in [3.8, 4) is 0 Å². The summed E-state index contributed by atoms with van der Waals surface area (Å²) in [5.74, 6) is -0.0350. The van der Waals surface area contributed by atoms with Crippen LogP contribution < -0.4 is 5.14 Å². The lowest BCUT2D eigenvalue weighted by atomic mass is 9.97. The summed E-state index contributed by atoms with van der Waals surface area (Å²) in [6, 6.07) is 0. The second kappa shape index (κ2) is 6.87. The van der Waals surface area contributed by atoms with Crippen molar-refractivity contribution in [3.05, 3.63) is 0 Å². The first kappa shape index (κ1) is 19.0. The first-order chi connectivity index (χ1) is 10.9. The van der Waals surface area contributed by atoms with E-state index >= 15 is 0 Å². The fraction of sp³-hybridized carbons (Fsp3) is 0.867. The van der Waals surface area contributed by atoms with E-state index in [1.807, 2.05) is 20.8 Å². The van der Waals surface area contributed by atoms with Crippen LogP contribution in [-0.2, 0) is 19.6 Å². The van der Waals surface area contributed by atoms with Gasteiger partial charge in [0.05, 0.1) is 5.75 Å². The number of sulfonamides is 1. The minimum atomic E-state index is -3.55. The first-order valence-corrected chi connectivity index (χ1v) is 9.90. The summed E-state index contributed by atoms with van der Waals surface area (Å²) in [7, 11) is -3.55. The van der Waals surface area contributed by atoms with E-state index in [4.69, 9.17) is 9.88 Å². The van der Waals surface area contributed by atoms with E-state index < -0.39 is 15.6 Å². The molecule has 2 fully saturated rings. The Hall–Kier alpha value is -1.35. The molecule has 1 unspecified atom stereocenters. The SMILES string of the molecule is CC(C)(C)OC(=O)N1CC(CCN2CC(CS(N)(=O)=O)CC2=O)C1. The zero-order valence-corrected chi connectivity index (χ0v) is 15.3.